The molecule has 1 aromatic heterocycles. The topological polar surface area (TPSA) is 60.5 Å². The highest BCUT2D eigenvalue weighted by Gasteiger charge is 2.19. The monoisotopic (exact) mass is 328 g/mol. The molecule has 1 N–H and O–H groups in total. The van der Waals surface area contributed by atoms with Gasteiger partial charge in [0.15, 0.2) is 0 Å². The standard InChI is InChI=1S/C19H24N2O3/c1-13-8-9-17(16-7-5-10-20-18(13)16)21-19(22)14(2)24-12-15-6-3-4-11-23-15/h5,7-10,14-15H,3-4,6,11-12H2,1-2H3,(H,21,22)/t14-,15+/m1/s1. The van der Waals surface area contributed by atoms with Gasteiger partial charge in [-0.1, -0.05) is 6.07 Å². The highest BCUT2D eigenvalue weighted by Crippen LogP contribution is 2.24. The van der Waals surface area contributed by atoms with Gasteiger partial charge in [0.2, 0.25) is 0 Å². The molecule has 2 heterocycles. The van der Waals surface area contributed by atoms with Gasteiger partial charge in [0, 0.05) is 18.2 Å². The van der Waals surface area contributed by atoms with Gasteiger partial charge in [0.25, 0.3) is 5.91 Å². The first-order valence-corrected chi connectivity index (χ1v) is 8.53. The average molecular weight is 328 g/mol. The van der Waals surface area contributed by atoms with E-state index in [9.17, 15) is 4.79 Å². The molecule has 0 bridgehead atoms. The molecular weight excluding hydrogens is 304 g/mol. The van der Waals surface area contributed by atoms with Crippen LogP contribution in [0.2, 0.25) is 0 Å². The Kier molecular flexibility index (Phi) is 5.43. The molecule has 1 aliphatic heterocycles. The normalized spacial score (nSPS) is 19.2. The lowest BCUT2D eigenvalue weighted by molar-refractivity contribution is -0.130. The van der Waals surface area contributed by atoms with Crippen molar-refractivity contribution in [3.05, 3.63) is 36.0 Å². The van der Waals surface area contributed by atoms with Gasteiger partial charge in [-0.15, -0.1) is 0 Å². The first-order chi connectivity index (χ1) is 11.6. The number of fused-ring (bicyclic) bond motifs is 1. The van der Waals surface area contributed by atoms with E-state index in [2.05, 4.69) is 10.3 Å². The van der Waals surface area contributed by atoms with Crippen molar-refractivity contribution in [3.63, 3.8) is 0 Å². The number of rotatable bonds is 5. The number of hydrogen-bond acceptors (Lipinski definition) is 4. The fourth-order valence-corrected chi connectivity index (χ4v) is 2.92. The van der Waals surface area contributed by atoms with Gasteiger partial charge in [-0.3, -0.25) is 9.78 Å². The molecule has 3 rings (SSSR count). The minimum Gasteiger partial charge on any atom is -0.376 e. The van der Waals surface area contributed by atoms with Crippen LogP contribution >= 0.6 is 0 Å². The maximum absolute atomic E-state index is 12.4. The summed E-state index contributed by atoms with van der Waals surface area (Å²) in [6.45, 7) is 5.03. The number of anilines is 1. The Hall–Kier alpha value is -1.98. The number of carbonyl (C=O) groups is 1. The van der Waals surface area contributed by atoms with E-state index in [1.54, 1.807) is 13.1 Å². The van der Waals surface area contributed by atoms with Crippen LogP contribution < -0.4 is 5.32 Å². The Morgan fingerprint density at radius 3 is 3.08 bits per heavy atom. The number of benzene rings is 1. The molecule has 0 aliphatic carbocycles. The molecular formula is C19H24N2O3. The van der Waals surface area contributed by atoms with Crippen LogP contribution in [-0.4, -0.2) is 36.3 Å². The summed E-state index contributed by atoms with van der Waals surface area (Å²) in [5.74, 6) is -0.153. The third kappa shape index (κ3) is 3.91. The van der Waals surface area contributed by atoms with Crippen molar-refractivity contribution in [1.29, 1.82) is 0 Å². The van der Waals surface area contributed by atoms with Crippen LogP contribution in [0.1, 0.15) is 31.7 Å². The van der Waals surface area contributed by atoms with E-state index < -0.39 is 6.10 Å². The number of aryl methyl sites for hydroxylation is 1. The van der Waals surface area contributed by atoms with E-state index in [4.69, 9.17) is 9.47 Å². The zero-order valence-electron chi connectivity index (χ0n) is 14.2. The van der Waals surface area contributed by atoms with Gasteiger partial charge in [0.05, 0.1) is 23.9 Å². The third-order valence-corrected chi connectivity index (χ3v) is 4.40. The predicted molar refractivity (Wildman–Crippen MR) is 94.1 cm³/mol. The maximum Gasteiger partial charge on any atom is 0.253 e. The molecule has 128 valence electrons. The lowest BCUT2D eigenvalue weighted by atomic mass is 10.1. The second-order valence-corrected chi connectivity index (χ2v) is 6.28. The summed E-state index contributed by atoms with van der Waals surface area (Å²) in [5.41, 5.74) is 2.75. The minimum atomic E-state index is -0.524. The predicted octanol–water partition coefficient (Wildman–Crippen LogP) is 3.46. The van der Waals surface area contributed by atoms with Crippen LogP contribution in [0.3, 0.4) is 0 Å². The molecule has 1 saturated heterocycles. The van der Waals surface area contributed by atoms with Crippen LogP contribution in [-0.2, 0) is 14.3 Å². The van der Waals surface area contributed by atoms with Crippen molar-refractivity contribution in [2.45, 2.75) is 45.3 Å². The Bertz CT molecular complexity index is 711. The second kappa shape index (κ2) is 7.73. The van der Waals surface area contributed by atoms with Gasteiger partial charge in [-0.25, -0.2) is 0 Å². The lowest BCUT2D eigenvalue weighted by Gasteiger charge is -2.24. The first-order valence-electron chi connectivity index (χ1n) is 8.53. The number of pyridine rings is 1. The molecule has 0 radical (unpaired) electrons. The Labute approximate surface area is 142 Å². The number of ether oxygens (including phenoxy) is 2. The summed E-state index contributed by atoms with van der Waals surface area (Å²) in [6.07, 6.45) is 4.62. The summed E-state index contributed by atoms with van der Waals surface area (Å²) < 4.78 is 11.3. The summed E-state index contributed by atoms with van der Waals surface area (Å²) in [7, 11) is 0. The van der Waals surface area contributed by atoms with Crippen molar-refractivity contribution < 1.29 is 14.3 Å². The molecule has 1 amide bonds. The second-order valence-electron chi connectivity index (χ2n) is 6.28. The Morgan fingerprint density at radius 1 is 1.42 bits per heavy atom. The van der Waals surface area contributed by atoms with Crippen LogP contribution in [0, 0.1) is 6.92 Å². The van der Waals surface area contributed by atoms with Gasteiger partial charge >= 0.3 is 0 Å². The molecule has 5 nitrogen and oxygen atoms in total. The molecule has 0 spiro atoms. The van der Waals surface area contributed by atoms with E-state index in [0.717, 1.165) is 48.0 Å². The van der Waals surface area contributed by atoms with E-state index in [1.807, 2.05) is 31.2 Å². The zero-order chi connectivity index (χ0) is 16.9. The molecule has 0 saturated carbocycles. The number of nitrogens with one attached hydrogen (secondary N) is 1. The number of aromatic nitrogens is 1. The number of amides is 1. The fraction of sp³-hybridized carbons (Fsp3) is 0.474. The molecule has 1 fully saturated rings. The SMILES string of the molecule is Cc1ccc(NC(=O)[C@@H](C)OC[C@@H]2CCCCO2)c2cccnc12. The Balaban J connectivity index is 1.63. The van der Waals surface area contributed by atoms with Crippen molar-refractivity contribution in [3.8, 4) is 0 Å². The highest BCUT2D eigenvalue weighted by atomic mass is 16.5. The van der Waals surface area contributed by atoms with E-state index >= 15 is 0 Å². The molecule has 5 heteroatoms. The zero-order valence-corrected chi connectivity index (χ0v) is 14.2. The summed E-state index contributed by atoms with van der Waals surface area (Å²) in [4.78, 5) is 16.8. The summed E-state index contributed by atoms with van der Waals surface area (Å²) >= 11 is 0. The summed E-state index contributed by atoms with van der Waals surface area (Å²) in [5, 5.41) is 3.89. The smallest absolute Gasteiger partial charge is 0.253 e. The van der Waals surface area contributed by atoms with Crippen molar-refractivity contribution in [2.24, 2.45) is 0 Å². The van der Waals surface area contributed by atoms with Crippen molar-refractivity contribution in [2.75, 3.05) is 18.5 Å². The molecule has 2 atom stereocenters. The Morgan fingerprint density at radius 2 is 2.29 bits per heavy atom. The number of carbonyl (C=O) groups excluding carboxylic acids is 1. The van der Waals surface area contributed by atoms with E-state index in [1.165, 1.54) is 0 Å². The van der Waals surface area contributed by atoms with Crippen LogP contribution in [0.15, 0.2) is 30.5 Å². The molecule has 2 aromatic rings. The van der Waals surface area contributed by atoms with Gasteiger partial charge in [0.1, 0.15) is 6.10 Å². The molecule has 24 heavy (non-hydrogen) atoms. The molecule has 0 unspecified atom stereocenters. The van der Waals surface area contributed by atoms with Crippen molar-refractivity contribution >= 4 is 22.5 Å². The third-order valence-electron chi connectivity index (χ3n) is 4.40. The minimum absolute atomic E-state index is 0.110. The fourth-order valence-electron chi connectivity index (χ4n) is 2.92. The highest BCUT2D eigenvalue weighted by molar-refractivity contribution is 6.03. The maximum atomic E-state index is 12.4. The average Bonchev–Trinajstić information content (AvgIpc) is 2.63. The van der Waals surface area contributed by atoms with E-state index in [0.29, 0.717) is 6.61 Å². The number of hydrogen-bond donors (Lipinski definition) is 1. The van der Waals surface area contributed by atoms with Gasteiger partial charge < -0.3 is 14.8 Å². The van der Waals surface area contributed by atoms with E-state index in [-0.39, 0.29) is 12.0 Å². The van der Waals surface area contributed by atoms with Crippen LogP contribution in [0.5, 0.6) is 0 Å². The quantitative estimate of drug-likeness (QED) is 0.913. The van der Waals surface area contributed by atoms with Gasteiger partial charge in [-0.05, 0) is 56.9 Å². The summed E-state index contributed by atoms with van der Waals surface area (Å²) in [6, 6.07) is 7.71. The van der Waals surface area contributed by atoms with Crippen molar-refractivity contribution in [1.82, 2.24) is 4.98 Å². The number of nitrogens with zero attached hydrogens (tertiary/aromatic N) is 1. The van der Waals surface area contributed by atoms with Gasteiger partial charge in [-0.2, -0.15) is 0 Å². The lowest BCUT2D eigenvalue weighted by Crippen LogP contribution is -2.32. The van der Waals surface area contributed by atoms with Crippen LogP contribution in [0.25, 0.3) is 10.9 Å². The van der Waals surface area contributed by atoms with Crippen LogP contribution in [0.4, 0.5) is 5.69 Å². The largest absolute Gasteiger partial charge is 0.376 e. The molecule has 1 aromatic carbocycles. The first kappa shape index (κ1) is 16.9. The molecule has 1 aliphatic rings.